The van der Waals surface area contributed by atoms with Crippen molar-refractivity contribution in [3.8, 4) is 0 Å². The van der Waals surface area contributed by atoms with Gasteiger partial charge in [-0.15, -0.1) is 0 Å². The number of nitrogens with two attached hydrogens (primary N) is 1. The van der Waals surface area contributed by atoms with Crippen LogP contribution in [0.1, 0.15) is 56.7 Å². The Morgan fingerprint density at radius 1 is 1.50 bits per heavy atom. The molecule has 0 saturated heterocycles. The zero-order valence-electron chi connectivity index (χ0n) is 9.69. The van der Waals surface area contributed by atoms with Crippen LogP contribution in [0.4, 0.5) is 5.69 Å². The zero-order chi connectivity index (χ0) is 11.3. The minimum atomic E-state index is -0.623. The fraction of sp³-hybridized carbons (Fsp3) is 0.750. The van der Waals surface area contributed by atoms with Gasteiger partial charge in [0.25, 0.3) is 0 Å². The van der Waals surface area contributed by atoms with Crippen LogP contribution in [0.3, 0.4) is 0 Å². The molecule has 1 heterocycles. The maximum Gasteiger partial charge on any atom is 0.0843 e. The van der Waals surface area contributed by atoms with E-state index >= 15 is 0 Å². The highest BCUT2D eigenvalue weighted by molar-refractivity contribution is 5.45. The van der Waals surface area contributed by atoms with Gasteiger partial charge in [0, 0.05) is 5.92 Å². The Bertz CT molecular complexity index is 406. The summed E-state index contributed by atoms with van der Waals surface area (Å²) in [7, 11) is 0. The molecule has 0 amide bonds. The average Bonchev–Trinajstić information content (AvgIpc) is 2.89. The van der Waals surface area contributed by atoms with Gasteiger partial charge in [-0.3, -0.25) is 4.68 Å². The molecule has 0 aromatic carbocycles. The van der Waals surface area contributed by atoms with Gasteiger partial charge in [-0.25, -0.2) is 0 Å². The average molecular weight is 221 g/mol. The van der Waals surface area contributed by atoms with E-state index in [1.165, 1.54) is 12.8 Å². The number of nitrogen functional groups attached to an aromatic ring is 1. The van der Waals surface area contributed by atoms with Crippen molar-refractivity contribution in [2.75, 3.05) is 5.73 Å². The summed E-state index contributed by atoms with van der Waals surface area (Å²) in [6, 6.07) is 0.111. The Balaban J connectivity index is 1.99. The largest absolute Gasteiger partial charge is 0.396 e. The molecule has 0 spiro atoms. The second kappa shape index (κ2) is 3.23. The van der Waals surface area contributed by atoms with E-state index in [1.54, 1.807) is 6.20 Å². The highest BCUT2D eigenvalue weighted by Crippen LogP contribution is 2.47. The summed E-state index contributed by atoms with van der Waals surface area (Å²) >= 11 is 0. The third kappa shape index (κ3) is 1.44. The molecule has 1 aromatic heterocycles. The van der Waals surface area contributed by atoms with E-state index in [-0.39, 0.29) is 6.04 Å². The van der Waals surface area contributed by atoms with Crippen molar-refractivity contribution in [1.82, 2.24) is 9.78 Å². The van der Waals surface area contributed by atoms with Gasteiger partial charge in [0.05, 0.1) is 29.2 Å². The summed E-state index contributed by atoms with van der Waals surface area (Å²) in [6.45, 7) is 1.92. The summed E-state index contributed by atoms with van der Waals surface area (Å²) in [5.74, 6) is 0.582. The van der Waals surface area contributed by atoms with Gasteiger partial charge in [-0.05, 0) is 39.0 Å². The first-order valence-electron chi connectivity index (χ1n) is 6.15. The number of nitrogens with zero attached hydrogens (tertiary/aromatic N) is 2. The predicted octanol–water partition coefficient (Wildman–Crippen LogP) is 1.82. The molecule has 0 bridgehead atoms. The van der Waals surface area contributed by atoms with Crippen LogP contribution in [0.15, 0.2) is 6.20 Å². The first-order valence-corrected chi connectivity index (χ1v) is 6.15. The number of aromatic nitrogens is 2. The van der Waals surface area contributed by atoms with Crippen LogP contribution in [0.25, 0.3) is 0 Å². The first-order chi connectivity index (χ1) is 7.59. The zero-order valence-corrected chi connectivity index (χ0v) is 9.69. The Morgan fingerprint density at radius 3 is 2.81 bits per heavy atom. The third-order valence-corrected chi connectivity index (χ3v) is 4.00. The minimum Gasteiger partial charge on any atom is -0.396 e. The molecule has 4 heteroatoms. The molecule has 2 atom stereocenters. The Labute approximate surface area is 95.4 Å². The fourth-order valence-corrected chi connectivity index (χ4v) is 2.93. The molecule has 4 nitrogen and oxygen atoms in total. The van der Waals surface area contributed by atoms with Gasteiger partial charge < -0.3 is 10.8 Å². The molecule has 16 heavy (non-hydrogen) atoms. The molecule has 88 valence electrons. The van der Waals surface area contributed by atoms with Crippen molar-refractivity contribution in [3.63, 3.8) is 0 Å². The molecule has 0 aliphatic heterocycles. The monoisotopic (exact) mass is 221 g/mol. The van der Waals surface area contributed by atoms with Gasteiger partial charge >= 0.3 is 0 Å². The fourth-order valence-electron chi connectivity index (χ4n) is 2.93. The Morgan fingerprint density at radius 2 is 2.25 bits per heavy atom. The van der Waals surface area contributed by atoms with E-state index in [0.717, 1.165) is 30.6 Å². The summed E-state index contributed by atoms with van der Waals surface area (Å²) in [6.07, 6.45) is 7.11. The Hall–Kier alpha value is -1.03. The molecule has 0 radical (unpaired) electrons. The molecule has 1 aromatic rings. The predicted molar refractivity (Wildman–Crippen MR) is 62.1 cm³/mol. The van der Waals surface area contributed by atoms with E-state index in [9.17, 15) is 5.11 Å². The van der Waals surface area contributed by atoms with Gasteiger partial charge in [0.1, 0.15) is 0 Å². The Kier molecular flexibility index (Phi) is 2.05. The smallest absolute Gasteiger partial charge is 0.0843 e. The van der Waals surface area contributed by atoms with Gasteiger partial charge in [0.2, 0.25) is 0 Å². The lowest BCUT2D eigenvalue weighted by molar-refractivity contribution is 0.0211. The quantitative estimate of drug-likeness (QED) is 0.800. The summed E-state index contributed by atoms with van der Waals surface area (Å²) in [4.78, 5) is 0. The van der Waals surface area contributed by atoms with Gasteiger partial charge in [-0.2, -0.15) is 5.10 Å². The lowest BCUT2D eigenvalue weighted by atomic mass is 10.0. The van der Waals surface area contributed by atoms with Crippen LogP contribution in [-0.4, -0.2) is 20.5 Å². The maximum absolute atomic E-state index is 10.3. The molecule has 2 saturated carbocycles. The van der Waals surface area contributed by atoms with Crippen LogP contribution in [0.2, 0.25) is 0 Å². The van der Waals surface area contributed by atoms with Crippen molar-refractivity contribution in [2.45, 2.75) is 56.6 Å². The van der Waals surface area contributed by atoms with Crippen LogP contribution in [-0.2, 0) is 0 Å². The number of anilines is 1. The van der Waals surface area contributed by atoms with Crippen LogP contribution in [0, 0.1) is 0 Å². The summed E-state index contributed by atoms with van der Waals surface area (Å²) in [5.41, 5.74) is 7.31. The minimum absolute atomic E-state index is 0.111. The van der Waals surface area contributed by atoms with E-state index in [4.69, 9.17) is 5.73 Å². The van der Waals surface area contributed by atoms with Gasteiger partial charge in [0.15, 0.2) is 0 Å². The lowest BCUT2D eigenvalue weighted by Crippen LogP contribution is -2.32. The van der Waals surface area contributed by atoms with Crippen molar-refractivity contribution in [1.29, 1.82) is 0 Å². The SMILES string of the molecule is CC1(O)CCCC1n1ncc(N)c1C1CC1. The molecule has 3 N–H and O–H groups in total. The van der Waals surface area contributed by atoms with E-state index in [0.29, 0.717) is 5.92 Å². The second-order valence-electron chi connectivity index (χ2n) is 5.47. The molecular weight excluding hydrogens is 202 g/mol. The molecule has 2 aliphatic carbocycles. The third-order valence-electron chi connectivity index (χ3n) is 4.00. The molecule has 2 aliphatic rings. The second-order valence-corrected chi connectivity index (χ2v) is 5.47. The molecule has 3 rings (SSSR count). The van der Waals surface area contributed by atoms with Crippen LogP contribution < -0.4 is 5.73 Å². The number of rotatable bonds is 2. The van der Waals surface area contributed by atoms with Gasteiger partial charge in [-0.1, -0.05) is 0 Å². The molecular formula is C12H19N3O. The van der Waals surface area contributed by atoms with Crippen molar-refractivity contribution in [3.05, 3.63) is 11.9 Å². The standard InChI is InChI=1S/C12H19N3O/c1-12(16)6-2-3-10(12)15-11(8-4-5-8)9(13)7-14-15/h7-8,10,16H,2-6,13H2,1H3. The van der Waals surface area contributed by atoms with E-state index in [2.05, 4.69) is 5.10 Å². The summed E-state index contributed by atoms with van der Waals surface area (Å²) in [5, 5.41) is 14.7. The maximum atomic E-state index is 10.3. The van der Waals surface area contributed by atoms with Crippen LogP contribution >= 0.6 is 0 Å². The number of hydrogen-bond donors (Lipinski definition) is 2. The van der Waals surface area contributed by atoms with E-state index < -0.39 is 5.60 Å². The highest BCUT2D eigenvalue weighted by Gasteiger charge is 2.41. The van der Waals surface area contributed by atoms with Crippen molar-refractivity contribution < 1.29 is 5.11 Å². The molecule has 2 unspecified atom stereocenters. The lowest BCUT2D eigenvalue weighted by Gasteiger charge is -2.27. The van der Waals surface area contributed by atoms with Crippen LogP contribution in [0.5, 0.6) is 0 Å². The molecule has 2 fully saturated rings. The number of hydrogen-bond acceptors (Lipinski definition) is 3. The first kappa shape index (κ1) is 10.1. The summed E-state index contributed by atoms with van der Waals surface area (Å²) < 4.78 is 2.00. The topological polar surface area (TPSA) is 64.1 Å². The number of aliphatic hydroxyl groups is 1. The normalized spacial score (nSPS) is 34.5. The highest BCUT2D eigenvalue weighted by atomic mass is 16.3. The van der Waals surface area contributed by atoms with Crippen molar-refractivity contribution >= 4 is 5.69 Å². The van der Waals surface area contributed by atoms with Crippen molar-refractivity contribution in [2.24, 2.45) is 0 Å². The van der Waals surface area contributed by atoms with E-state index in [1.807, 2.05) is 11.6 Å².